The van der Waals surface area contributed by atoms with Gasteiger partial charge in [-0.25, -0.2) is 4.57 Å². The molecule has 144 valence electrons. The maximum Gasteiger partial charge on any atom is 0.475 e. The molecule has 0 radical (unpaired) electrons. The predicted molar refractivity (Wildman–Crippen MR) is 92.5 cm³/mol. The number of quaternary nitrogens is 1. The van der Waals surface area contributed by atoms with Gasteiger partial charge >= 0.3 is 7.82 Å². The standard InChI is InChI=1S/C12H26N3O6P.C2H6/c1-11(16)13-6-7-14-12(17)10-21-22(18,19-5)20-9-8-15(2,3)4;1-2/h6-10H2,1-5H3,(H-,13,14,16,17);1-2H3/p+1. The van der Waals surface area contributed by atoms with Crippen molar-refractivity contribution in [3.05, 3.63) is 0 Å². The Kier molecular flexibility index (Phi) is 14.0. The highest BCUT2D eigenvalue weighted by atomic mass is 31.2. The zero-order chi connectivity index (χ0) is 19.2. The van der Waals surface area contributed by atoms with Crippen molar-refractivity contribution in [1.29, 1.82) is 0 Å². The molecule has 0 saturated carbocycles. The summed E-state index contributed by atoms with van der Waals surface area (Å²) in [6.07, 6.45) is 0. The lowest BCUT2D eigenvalue weighted by Crippen LogP contribution is -2.37. The lowest BCUT2D eigenvalue weighted by molar-refractivity contribution is -0.870. The van der Waals surface area contributed by atoms with Crippen LogP contribution in [-0.4, -0.2) is 77.4 Å². The third-order valence-corrected chi connectivity index (χ3v) is 3.80. The summed E-state index contributed by atoms with van der Waals surface area (Å²) in [5.41, 5.74) is 0. The fourth-order valence-corrected chi connectivity index (χ4v) is 2.06. The maximum absolute atomic E-state index is 12.1. The summed E-state index contributed by atoms with van der Waals surface area (Å²) >= 11 is 0. The Balaban J connectivity index is 0. The first-order valence-electron chi connectivity index (χ1n) is 7.84. The van der Waals surface area contributed by atoms with Gasteiger partial charge in [-0.15, -0.1) is 0 Å². The molecule has 1 unspecified atom stereocenters. The van der Waals surface area contributed by atoms with Crippen LogP contribution in [0.5, 0.6) is 0 Å². The molecule has 0 fully saturated rings. The van der Waals surface area contributed by atoms with Crippen molar-refractivity contribution in [2.24, 2.45) is 0 Å². The van der Waals surface area contributed by atoms with Gasteiger partial charge in [0.2, 0.25) is 11.8 Å². The summed E-state index contributed by atoms with van der Waals surface area (Å²) in [4.78, 5) is 22.1. The summed E-state index contributed by atoms with van der Waals surface area (Å²) in [5, 5.41) is 5.03. The third kappa shape index (κ3) is 15.9. The highest BCUT2D eigenvalue weighted by molar-refractivity contribution is 7.48. The molecule has 0 aromatic heterocycles. The van der Waals surface area contributed by atoms with Gasteiger partial charge in [-0.1, -0.05) is 13.8 Å². The van der Waals surface area contributed by atoms with Crippen LogP contribution < -0.4 is 10.6 Å². The number of hydrogen-bond acceptors (Lipinski definition) is 6. The molecular formula is C14H33N3O6P+. The molecule has 0 aliphatic heterocycles. The van der Waals surface area contributed by atoms with Gasteiger partial charge in [-0.05, 0) is 0 Å². The summed E-state index contributed by atoms with van der Waals surface area (Å²) in [6, 6.07) is 0. The molecule has 0 aliphatic carbocycles. The molecule has 0 spiro atoms. The van der Waals surface area contributed by atoms with Crippen LogP contribution in [0, 0.1) is 0 Å². The van der Waals surface area contributed by atoms with E-state index >= 15 is 0 Å². The van der Waals surface area contributed by atoms with Crippen LogP contribution in [0.1, 0.15) is 20.8 Å². The molecule has 0 aliphatic rings. The lowest BCUT2D eigenvalue weighted by Gasteiger charge is -2.24. The van der Waals surface area contributed by atoms with Crippen LogP contribution >= 0.6 is 7.82 Å². The number of rotatable bonds is 11. The average molecular weight is 370 g/mol. The number of phosphoric ester groups is 1. The first-order chi connectivity index (χ1) is 11.1. The minimum absolute atomic E-state index is 0.179. The maximum atomic E-state index is 12.1. The second-order valence-electron chi connectivity index (χ2n) is 5.58. The molecule has 0 heterocycles. The van der Waals surface area contributed by atoms with Crippen LogP contribution in [0.25, 0.3) is 0 Å². The Morgan fingerprint density at radius 1 is 1.04 bits per heavy atom. The third-order valence-electron chi connectivity index (χ3n) is 2.41. The van der Waals surface area contributed by atoms with Crippen molar-refractivity contribution in [2.75, 3.05) is 61.1 Å². The number of carbonyl (C=O) groups is 2. The second kappa shape index (κ2) is 13.3. The van der Waals surface area contributed by atoms with Crippen LogP contribution in [0.4, 0.5) is 0 Å². The fraction of sp³-hybridized carbons (Fsp3) is 0.857. The van der Waals surface area contributed by atoms with Crippen molar-refractivity contribution in [3.8, 4) is 0 Å². The number of carbonyl (C=O) groups excluding carboxylic acids is 2. The lowest BCUT2D eigenvalue weighted by atomic mass is 10.5. The van der Waals surface area contributed by atoms with Gasteiger partial charge in [-0.3, -0.25) is 23.2 Å². The molecule has 2 amide bonds. The first-order valence-corrected chi connectivity index (χ1v) is 9.30. The van der Waals surface area contributed by atoms with Crippen LogP contribution in [0.2, 0.25) is 0 Å². The van der Waals surface area contributed by atoms with Gasteiger partial charge in [0.25, 0.3) is 0 Å². The summed E-state index contributed by atoms with van der Waals surface area (Å²) in [5.74, 6) is -0.655. The van der Waals surface area contributed by atoms with E-state index in [1.165, 1.54) is 14.0 Å². The van der Waals surface area contributed by atoms with E-state index < -0.39 is 20.3 Å². The van der Waals surface area contributed by atoms with E-state index in [9.17, 15) is 14.2 Å². The number of nitrogens with zero attached hydrogens (tertiary/aromatic N) is 1. The van der Waals surface area contributed by atoms with Crippen molar-refractivity contribution < 1.29 is 32.2 Å². The molecule has 10 heteroatoms. The average Bonchev–Trinajstić information content (AvgIpc) is 2.50. The zero-order valence-corrected chi connectivity index (χ0v) is 16.8. The monoisotopic (exact) mass is 370 g/mol. The number of phosphoric acid groups is 1. The van der Waals surface area contributed by atoms with Crippen molar-refractivity contribution in [3.63, 3.8) is 0 Å². The van der Waals surface area contributed by atoms with Crippen molar-refractivity contribution >= 4 is 19.6 Å². The van der Waals surface area contributed by atoms with E-state index in [0.717, 1.165) is 0 Å². The van der Waals surface area contributed by atoms with Crippen LogP contribution in [-0.2, 0) is 27.7 Å². The van der Waals surface area contributed by atoms with Gasteiger partial charge in [-0.2, -0.15) is 0 Å². The SMILES string of the molecule is CC.COP(=O)(OCC[N+](C)(C)C)OCC(=O)NCCNC(C)=O. The summed E-state index contributed by atoms with van der Waals surface area (Å²) in [6.45, 7) is 6.28. The van der Waals surface area contributed by atoms with Gasteiger partial charge < -0.3 is 15.1 Å². The number of likely N-dealkylation sites (N-methyl/N-ethyl adjacent to an activating group) is 1. The van der Waals surface area contributed by atoms with E-state index in [1.54, 1.807) is 0 Å². The minimum Gasteiger partial charge on any atom is -0.355 e. The predicted octanol–water partition coefficient (Wildman–Crippen LogP) is 0.759. The fourth-order valence-electron chi connectivity index (χ4n) is 1.20. The van der Waals surface area contributed by atoms with Gasteiger partial charge in [0, 0.05) is 27.1 Å². The summed E-state index contributed by atoms with van der Waals surface area (Å²) < 4.78 is 27.5. The Morgan fingerprint density at radius 3 is 2.04 bits per heavy atom. The molecule has 0 bridgehead atoms. The number of amides is 2. The molecule has 24 heavy (non-hydrogen) atoms. The molecule has 0 rings (SSSR count). The van der Waals surface area contributed by atoms with Crippen molar-refractivity contribution in [1.82, 2.24) is 10.6 Å². The molecule has 2 N–H and O–H groups in total. The molecule has 9 nitrogen and oxygen atoms in total. The van der Waals surface area contributed by atoms with E-state index in [2.05, 4.69) is 10.6 Å². The molecule has 0 aromatic rings. The van der Waals surface area contributed by atoms with Crippen molar-refractivity contribution in [2.45, 2.75) is 20.8 Å². The summed E-state index contributed by atoms with van der Waals surface area (Å²) in [7, 11) is 3.35. The van der Waals surface area contributed by atoms with Gasteiger partial charge in [0.15, 0.2) is 0 Å². The Bertz CT molecular complexity index is 412. The molecule has 1 atom stereocenters. The van der Waals surface area contributed by atoms with Crippen LogP contribution in [0.3, 0.4) is 0 Å². The number of nitrogens with one attached hydrogen (secondary N) is 2. The van der Waals surface area contributed by atoms with E-state index in [1.807, 2.05) is 35.0 Å². The minimum atomic E-state index is -3.74. The molecule has 0 aromatic carbocycles. The highest BCUT2D eigenvalue weighted by Crippen LogP contribution is 2.48. The first kappa shape index (κ1) is 25.3. The van der Waals surface area contributed by atoms with Gasteiger partial charge in [0.05, 0.1) is 21.1 Å². The molecule has 0 saturated heterocycles. The topological polar surface area (TPSA) is 103 Å². The second-order valence-corrected chi connectivity index (χ2v) is 7.36. The van der Waals surface area contributed by atoms with E-state index in [0.29, 0.717) is 17.6 Å². The Morgan fingerprint density at radius 2 is 1.58 bits per heavy atom. The van der Waals surface area contributed by atoms with Crippen LogP contribution in [0.15, 0.2) is 0 Å². The quantitative estimate of drug-likeness (QED) is 0.316. The highest BCUT2D eigenvalue weighted by Gasteiger charge is 2.27. The Labute approximate surface area is 145 Å². The Hall–Kier alpha value is -0.990. The molecular weight excluding hydrogens is 337 g/mol. The van der Waals surface area contributed by atoms with E-state index in [-0.39, 0.29) is 19.1 Å². The normalized spacial score (nSPS) is 13.3. The van der Waals surface area contributed by atoms with Gasteiger partial charge in [0.1, 0.15) is 19.8 Å². The van der Waals surface area contributed by atoms with E-state index in [4.69, 9.17) is 13.6 Å². The number of hydrogen-bond donors (Lipinski definition) is 2. The zero-order valence-electron chi connectivity index (χ0n) is 15.9. The smallest absolute Gasteiger partial charge is 0.355 e. The largest absolute Gasteiger partial charge is 0.475 e.